The topological polar surface area (TPSA) is 26.3 Å². The van der Waals surface area contributed by atoms with E-state index in [2.05, 4.69) is 69.3 Å². The van der Waals surface area contributed by atoms with Crippen molar-refractivity contribution in [3.05, 3.63) is 71.8 Å². The molecule has 0 spiro atoms. The summed E-state index contributed by atoms with van der Waals surface area (Å²) in [6.45, 7) is 6.81. The van der Waals surface area contributed by atoms with Crippen molar-refractivity contribution in [3.8, 4) is 0 Å². The quantitative estimate of drug-likeness (QED) is 0.582. The van der Waals surface area contributed by atoms with E-state index < -0.39 is 0 Å². The Hall–Kier alpha value is -2.09. The lowest BCUT2D eigenvalue weighted by Crippen LogP contribution is -2.36. The maximum Gasteiger partial charge on any atom is 0.310 e. The molecule has 0 radical (unpaired) electrons. The largest absolute Gasteiger partial charge is 0.462 e. The van der Waals surface area contributed by atoms with Gasteiger partial charge in [0, 0.05) is 11.8 Å². The van der Waals surface area contributed by atoms with Crippen LogP contribution in [0.2, 0.25) is 0 Å². The number of carbonyl (C=O) groups is 1. The van der Waals surface area contributed by atoms with Crippen molar-refractivity contribution in [1.82, 2.24) is 0 Å². The van der Waals surface area contributed by atoms with E-state index in [4.69, 9.17) is 4.74 Å². The lowest BCUT2D eigenvalue weighted by atomic mass is 9.75. The van der Waals surface area contributed by atoms with E-state index in [0.717, 1.165) is 6.42 Å². The van der Waals surface area contributed by atoms with Crippen LogP contribution in [-0.2, 0) is 9.53 Å². The zero-order chi connectivity index (χ0) is 19.7. The number of carbonyl (C=O) groups excluding carboxylic acids is 1. The summed E-state index contributed by atoms with van der Waals surface area (Å²) in [7, 11) is 0. The normalized spacial score (nSPS) is 32.1. The molecular weight excluding hydrogens is 344 g/mol. The predicted molar refractivity (Wildman–Crippen MR) is 113 cm³/mol. The standard InChI is InChI=1S/C26H32O2/c1-17(2)21-15-14-18(3)16-22(21)28-26(27)25-23(19-10-6-4-7-11-19)24(25)20-12-8-5-9-13-20/h4-13,17-18,21-25H,14-16H2,1-3H3/t18-,21-,22+,23+,24+/m1/s1. The molecule has 2 aliphatic carbocycles. The molecule has 148 valence electrons. The van der Waals surface area contributed by atoms with E-state index >= 15 is 0 Å². The Kier molecular flexibility index (Phi) is 5.57. The molecule has 2 aromatic carbocycles. The van der Waals surface area contributed by atoms with Gasteiger partial charge in [0.2, 0.25) is 0 Å². The molecule has 2 aliphatic rings. The molecule has 0 aromatic heterocycles. The number of ether oxygens (including phenoxy) is 1. The first kappa shape index (κ1) is 19.2. The van der Waals surface area contributed by atoms with Crippen molar-refractivity contribution in [2.75, 3.05) is 0 Å². The number of hydrogen-bond donors (Lipinski definition) is 0. The molecule has 2 fully saturated rings. The molecule has 0 N–H and O–H groups in total. The van der Waals surface area contributed by atoms with Gasteiger partial charge in [0.1, 0.15) is 6.10 Å². The molecule has 2 heteroatoms. The highest BCUT2D eigenvalue weighted by atomic mass is 16.5. The summed E-state index contributed by atoms with van der Waals surface area (Å²) >= 11 is 0. The molecule has 0 saturated heterocycles. The Labute approximate surface area is 169 Å². The molecule has 0 bridgehead atoms. The van der Waals surface area contributed by atoms with Crippen molar-refractivity contribution in [2.24, 2.45) is 23.7 Å². The summed E-state index contributed by atoms with van der Waals surface area (Å²) in [5, 5.41) is 0. The van der Waals surface area contributed by atoms with Gasteiger partial charge in [0.05, 0.1) is 5.92 Å². The summed E-state index contributed by atoms with van der Waals surface area (Å²) < 4.78 is 6.22. The molecule has 0 unspecified atom stereocenters. The molecule has 0 aliphatic heterocycles. The number of rotatable bonds is 5. The Morgan fingerprint density at radius 1 is 0.893 bits per heavy atom. The second-order valence-corrected chi connectivity index (χ2v) is 9.20. The highest BCUT2D eigenvalue weighted by Crippen LogP contribution is 2.61. The Morgan fingerprint density at radius 2 is 1.43 bits per heavy atom. The van der Waals surface area contributed by atoms with Crippen molar-refractivity contribution in [3.63, 3.8) is 0 Å². The van der Waals surface area contributed by atoms with Gasteiger partial charge in [-0.2, -0.15) is 0 Å². The van der Waals surface area contributed by atoms with Crippen LogP contribution < -0.4 is 0 Å². The average Bonchev–Trinajstić information content (AvgIpc) is 3.45. The van der Waals surface area contributed by atoms with Gasteiger partial charge < -0.3 is 4.74 Å². The zero-order valence-electron chi connectivity index (χ0n) is 17.3. The van der Waals surface area contributed by atoms with E-state index in [1.165, 1.54) is 24.0 Å². The van der Waals surface area contributed by atoms with Crippen LogP contribution in [0.1, 0.15) is 63.0 Å². The van der Waals surface area contributed by atoms with E-state index in [-0.39, 0.29) is 29.8 Å². The Morgan fingerprint density at radius 3 is 1.93 bits per heavy atom. The van der Waals surface area contributed by atoms with Gasteiger partial charge in [-0.3, -0.25) is 4.79 Å². The monoisotopic (exact) mass is 376 g/mol. The molecule has 0 amide bonds. The van der Waals surface area contributed by atoms with Crippen molar-refractivity contribution < 1.29 is 9.53 Å². The fourth-order valence-corrected chi connectivity index (χ4v) is 5.26. The molecule has 2 aromatic rings. The number of benzene rings is 2. The fraction of sp³-hybridized carbons (Fsp3) is 0.500. The van der Waals surface area contributed by atoms with Gasteiger partial charge >= 0.3 is 5.97 Å². The van der Waals surface area contributed by atoms with Crippen LogP contribution in [0, 0.1) is 23.7 Å². The average molecular weight is 377 g/mol. The third kappa shape index (κ3) is 3.87. The van der Waals surface area contributed by atoms with Crippen LogP contribution in [0.5, 0.6) is 0 Å². The van der Waals surface area contributed by atoms with Crippen LogP contribution >= 0.6 is 0 Å². The Bertz CT molecular complexity index is 737. The third-order valence-corrected chi connectivity index (χ3v) is 6.89. The first-order chi connectivity index (χ1) is 13.6. The minimum Gasteiger partial charge on any atom is -0.462 e. The molecule has 4 rings (SSSR count). The van der Waals surface area contributed by atoms with E-state index in [0.29, 0.717) is 17.8 Å². The molecule has 2 saturated carbocycles. The number of esters is 1. The van der Waals surface area contributed by atoms with Crippen molar-refractivity contribution in [2.45, 2.75) is 58.0 Å². The summed E-state index contributed by atoms with van der Waals surface area (Å²) in [6.07, 6.45) is 3.50. The minimum atomic E-state index is -0.0603. The lowest BCUT2D eigenvalue weighted by Gasteiger charge is -2.36. The summed E-state index contributed by atoms with van der Waals surface area (Å²) in [5.41, 5.74) is 2.49. The maximum atomic E-state index is 13.3. The maximum absolute atomic E-state index is 13.3. The molecule has 28 heavy (non-hydrogen) atoms. The number of hydrogen-bond acceptors (Lipinski definition) is 2. The third-order valence-electron chi connectivity index (χ3n) is 6.89. The summed E-state index contributed by atoms with van der Waals surface area (Å²) in [5.74, 6) is 2.09. The first-order valence-electron chi connectivity index (χ1n) is 10.9. The van der Waals surface area contributed by atoms with Crippen LogP contribution in [0.15, 0.2) is 60.7 Å². The van der Waals surface area contributed by atoms with Crippen molar-refractivity contribution >= 4 is 5.97 Å². The molecule has 2 nitrogen and oxygen atoms in total. The van der Waals surface area contributed by atoms with E-state index in [9.17, 15) is 4.79 Å². The van der Waals surface area contributed by atoms with E-state index in [1.54, 1.807) is 0 Å². The first-order valence-corrected chi connectivity index (χ1v) is 10.9. The minimum absolute atomic E-state index is 0.00690. The fourth-order valence-electron chi connectivity index (χ4n) is 5.26. The second kappa shape index (κ2) is 8.11. The highest BCUT2D eigenvalue weighted by molar-refractivity contribution is 5.80. The van der Waals surface area contributed by atoms with E-state index in [1.807, 2.05) is 12.1 Å². The molecule has 0 heterocycles. The van der Waals surface area contributed by atoms with Crippen LogP contribution in [0.25, 0.3) is 0 Å². The summed E-state index contributed by atoms with van der Waals surface area (Å²) in [6, 6.07) is 20.9. The van der Waals surface area contributed by atoms with Gasteiger partial charge in [-0.1, -0.05) is 87.9 Å². The van der Waals surface area contributed by atoms with Gasteiger partial charge in [0.25, 0.3) is 0 Å². The summed E-state index contributed by atoms with van der Waals surface area (Å²) in [4.78, 5) is 13.3. The SMILES string of the molecule is CC(C)[C@H]1CC[C@@H](C)C[C@@H]1OC(=O)C1[C@@H](c2ccccc2)[C@@H]1c1ccccc1. The van der Waals surface area contributed by atoms with Crippen LogP contribution in [0.3, 0.4) is 0 Å². The highest BCUT2D eigenvalue weighted by Gasteiger charge is 2.57. The van der Waals surface area contributed by atoms with Gasteiger partial charge in [-0.05, 0) is 41.7 Å². The van der Waals surface area contributed by atoms with Gasteiger partial charge in [-0.25, -0.2) is 0 Å². The van der Waals surface area contributed by atoms with Gasteiger partial charge in [-0.15, -0.1) is 0 Å². The lowest BCUT2D eigenvalue weighted by molar-refractivity contribution is -0.157. The Balaban J connectivity index is 1.54. The molecule has 5 atom stereocenters. The van der Waals surface area contributed by atoms with Gasteiger partial charge in [0.15, 0.2) is 0 Å². The zero-order valence-corrected chi connectivity index (χ0v) is 17.3. The smallest absolute Gasteiger partial charge is 0.310 e. The van der Waals surface area contributed by atoms with Crippen LogP contribution in [-0.4, -0.2) is 12.1 Å². The second-order valence-electron chi connectivity index (χ2n) is 9.20. The predicted octanol–water partition coefficient (Wildman–Crippen LogP) is 6.19. The van der Waals surface area contributed by atoms with Crippen molar-refractivity contribution in [1.29, 1.82) is 0 Å². The molecular formula is C26H32O2. The van der Waals surface area contributed by atoms with Crippen LogP contribution in [0.4, 0.5) is 0 Å².